The van der Waals surface area contributed by atoms with E-state index in [0.717, 1.165) is 22.0 Å². The van der Waals surface area contributed by atoms with Crippen molar-refractivity contribution >= 4 is 40.7 Å². The van der Waals surface area contributed by atoms with E-state index < -0.39 is 0 Å². The van der Waals surface area contributed by atoms with Crippen molar-refractivity contribution in [2.45, 2.75) is 5.16 Å². The molecule has 2 aromatic carbocycles. The maximum absolute atomic E-state index is 6.29. The average Bonchev–Trinajstić information content (AvgIpc) is 2.98. The number of aromatic nitrogens is 3. The molecule has 4 rings (SSSR count). The fourth-order valence-corrected chi connectivity index (χ4v) is 3.62. The maximum atomic E-state index is 6.29. The molecule has 0 bridgehead atoms. The topological polar surface area (TPSA) is 43.1 Å². The molecular formula is C16H10Cl2N4S. The summed E-state index contributed by atoms with van der Waals surface area (Å²) in [6, 6.07) is 15.2. The van der Waals surface area contributed by atoms with Crippen molar-refractivity contribution in [3.05, 3.63) is 64.1 Å². The van der Waals surface area contributed by atoms with Crippen LogP contribution in [-0.2, 0) is 0 Å². The lowest BCUT2D eigenvalue weighted by Crippen LogP contribution is -2.14. The average molecular weight is 361 g/mol. The van der Waals surface area contributed by atoms with Gasteiger partial charge in [0.15, 0.2) is 5.82 Å². The molecule has 23 heavy (non-hydrogen) atoms. The van der Waals surface area contributed by atoms with Crippen molar-refractivity contribution in [3.8, 4) is 11.4 Å². The maximum Gasteiger partial charge on any atom is 0.212 e. The van der Waals surface area contributed by atoms with Crippen molar-refractivity contribution in [1.82, 2.24) is 14.9 Å². The lowest BCUT2D eigenvalue weighted by atomic mass is 10.1. The summed E-state index contributed by atoms with van der Waals surface area (Å²) in [5, 5.41) is 15.3. The van der Waals surface area contributed by atoms with Gasteiger partial charge in [-0.1, -0.05) is 65.3 Å². The SMILES string of the molecule is Clc1cccc(-c2nnc3n2N=C(c2ccccc2Cl)CS3)c1. The molecule has 0 fully saturated rings. The number of rotatable bonds is 2. The summed E-state index contributed by atoms with van der Waals surface area (Å²) in [4.78, 5) is 0. The first-order chi connectivity index (χ1) is 11.2. The second-order valence-corrected chi connectivity index (χ2v) is 6.73. The molecule has 0 spiro atoms. The number of nitrogens with zero attached hydrogens (tertiary/aromatic N) is 4. The number of halogens is 2. The van der Waals surface area contributed by atoms with E-state index in [1.54, 1.807) is 16.4 Å². The van der Waals surface area contributed by atoms with E-state index in [1.165, 1.54) is 0 Å². The normalized spacial score (nSPS) is 13.6. The van der Waals surface area contributed by atoms with E-state index in [2.05, 4.69) is 10.2 Å². The summed E-state index contributed by atoms with van der Waals surface area (Å²) in [6.07, 6.45) is 0. The predicted molar refractivity (Wildman–Crippen MR) is 94.6 cm³/mol. The fraction of sp³-hybridized carbons (Fsp3) is 0.0625. The van der Waals surface area contributed by atoms with Gasteiger partial charge in [-0.2, -0.15) is 9.78 Å². The monoisotopic (exact) mass is 360 g/mol. The lowest BCUT2D eigenvalue weighted by molar-refractivity contribution is 0.762. The molecule has 0 saturated carbocycles. The molecule has 2 heterocycles. The van der Waals surface area contributed by atoms with Crippen LogP contribution in [0.3, 0.4) is 0 Å². The van der Waals surface area contributed by atoms with Gasteiger partial charge in [-0.15, -0.1) is 10.2 Å². The van der Waals surface area contributed by atoms with Crippen LogP contribution in [0, 0.1) is 0 Å². The van der Waals surface area contributed by atoms with Crippen LogP contribution in [-0.4, -0.2) is 26.3 Å². The highest BCUT2D eigenvalue weighted by Crippen LogP contribution is 2.30. The number of benzene rings is 2. The second-order valence-electron chi connectivity index (χ2n) is 4.94. The number of hydrogen-bond donors (Lipinski definition) is 0. The van der Waals surface area contributed by atoms with E-state index in [9.17, 15) is 0 Å². The third-order valence-electron chi connectivity index (χ3n) is 3.44. The van der Waals surface area contributed by atoms with E-state index in [1.807, 2.05) is 48.5 Å². The first-order valence-corrected chi connectivity index (χ1v) is 8.63. The molecule has 0 saturated heterocycles. The van der Waals surface area contributed by atoms with Crippen molar-refractivity contribution in [3.63, 3.8) is 0 Å². The van der Waals surface area contributed by atoms with Gasteiger partial charge >= 0.3 is 0 Å². The van der Waals surface area contributed by atoms with Gasteiger partial charge in [-0.3, -0.25) is 0 Å². The second kappa shape index (κ2) is 6.00. The highest BCUT2D eigenvalue weighted by Gasteiger charge is 2.21. The van der Waals surface area contributed by atoms with Gasteiger partial charge in [0.2, 0.25) is 5.16 Å². The summed E-state index contributed by atoms with van der Waals surface area (Å²) in [6.45, 7) is 0. The zero-order chi connectivity index (χ0) is 15.8. The van der Waals surface area contributed by atoms with E-state index in [4.69, 9.17) is 28.3 Å². The molecule has 3 aromatic rings. The quantitative estimate of drug-likeness (QED) is 0.670. The van der Waals surface area contributed by atoms with Gasteiger partial charge in [0.05, 0.1) is 5.71 Å². The molecule has 1 aliphatic heterocycles. The van der Waals surface area contributed by atoms with Gasteiger partial charge in [0.25, 0.3) is 0 Å². The summed E-state index contributed by atoms with van der Waals surface area (Å²) in [5.41, 5.74) is 2.70. The van der Waals surface area contributed by atoms with E-state index in [-0.39, 0.29) is 0 Å². The zero-order valence-electron chi connectivity index (χ0n) is 11.8. The standard InChI is InChI=1S/C16H10Cl2N4S/c17-11-5-3-4-10(8-11)15-19-20-16-22(15)21-14(9-23-16)12-6-1-2-7-13(12)18/h1-8H,9H2. The van der Waals surface area contributed by atoms with Crippen molar-refractivity contribution in [2.75, 3.05) is 5.75 Å². The van der Waals surface area contributed by atoms with Crippen LogP contribution in [0.1, 0.15) is 5.56 Å². The van der Waals surface area contributed by atoms with Crippen molar-refractivity contribution in [2.24, 2.45) is 5.10 Å². The minimum absolute atomic E-state index is 0.651. The lowest BCUT2D eigenvalue weighted by Gasteiger charge is -2.14. The summed E-state index contributed by atoms with van der Waals surface area (Å²) >= 11 is 13.9. The van der Waals surface area contributed by atoms with E-state index >= 15 is 0 Å². The molecule has 7 heteroatoms. The van der Waals surface area contributed by atoms with Gasteiger partial charge < -0.3 is 0 Å². The Morgan fingerprint density at radius 1 is 1.00 bits per heavy atom. The molecule has 0 amide bonds. The van der Waals surface area contributed by atoms with Gasteiger partial charge in [0.1, 0.15) is 0 Å². The fourth-order valence-electron chi connectivity index (χ4n) is 2.36. The number of hydrogen-bond acceptors (Lipinski definition) is 4. The van der Waals surface area contributed by atoms with Crippen molar-refractivity contribution < 1.29 is 0 Å². The summed E-state index contributed by atoms with van der Waals surface area (Å²) < 4.78 is 1.75. The Balaban J connectivity index is 1.83. The highest BCUT2D eigenvalue weighted by molar-refractivity contribution is 7.99. The van der Waals surface area contributed by atoms with E-state index in [0.29, 0.717) is 21.6 Å². The minimum atomic E-state index is 0.651. The largest absolute Gasteiger partial charge is 0.212 e. The Morgan fingerprint density at radius 3 is 2.70 bits per heavy atom. The molecule has 0 N–H and O–H groups in total. The van der Waals surface area contributed by atoms with Crippen LogP contribution in [0.15, 0.2) is 58.8 Å². The third kappa shape index (κ3) is 2.76. The molecule has 0 atom stereocenters. The van der Waals surface area contributed by atoms with Gasteiger partial charge in [-0.05, 0) is 18.2 Å². The Hall–Kier alpha value is -1.82. The van der Waals surface area contributed by atoms with Crippen LogP contribution in [0.4, 0.5) is 0 Å². The van der Waals surface area contributed by atoms with Gasteiger partial charge in [0, 0.05) is 26.9 Å². The molecular weight excluding hydrogens is 351 g/mol. The molecule has 114 valence electrons. The smallest absolute Gasteiger partial charge is 0.187 e. The van der Waals surface area contributed by atoms with Crippen LogP contribution in [0.2, 0.25) is 10.0 Å². The minimum Gasteiger partial charge on any atom is -0.187 e. The van der Waals surface area contributed by atoms with Crippen LogP contribution >= 0.6 is 35.0 Å². The number of thioether (sulfide) groups is 1. The first-order valence-electron chi connectivity index (χ1n) is 6.89. The highest BCUT2D eigenvalue weighted by atomic mass is 35.5. The first kappa shape index (κ1) is 14.8. The van der Waals surface area contributed by atoms with Crippen LogP contribution in [0.5, 0.6) is 0 Å². The molecule has 4 nitrogen and oxygen atoms in total. The summed E-state index contributed by atoms with van der Waals surface area (Å²) in [5.74, 6) is 1.37. The third-order valence-corrected chi connectivity index (χ3v) is 4.93. The molecule has 1 aliphatic rings. The molecule has 0 aliphatic carbocycles. The molecule has 0 radical (unpaired) electrons. The number of fused-ring (bicyclic) bond motifs is 1. The summed E-state index contributed by atoms with van der Waals surface area (Å²) in [7, 11) is 0. The predicted octanol–water partition coefficient (Wildman–Crippen LogP) is 4.61. The Bertz CT molecular complexity index is 920. The molecule has 0 unspecified atom stereocenters. The van der Waals surface area contributed by atoms with Crippen LogP contribution in [0.25, 0.3) is 11.4 Å². The van der Waals surface area contributed by atoms with Gasteiger partial charge in [-0.25, -0.2) is 0 Å². The zero-order valence-corrected chi connectivity index (χ0v) is 14.1. The van der Waals surface area contributed by atoms with Crippen molar-refractivity contribution in [1.29, 1.82) is 0 Å². The molecule has 1 aromatic heterocycles. The van der Waals surface area contributed by atoms with Crippen LogP contribution < -0.4 is 0 Å². The Kier molecular flexibility index (Phi) is 3.85. The Labute approximate surface area is 147 Å². The Morgan fingerprint density at radius 2 is 1.87 bits per heavy atom.